The standard InChI is InChI=1S/C30H38N6O2/c1-35-16-11-21(12-17-35)18-32-28-27-26(37-19-30(20-38-27)13-4-5-14-30)25-10-15-31-29(36(25)34-28)24-9-8-22-6-2-3-7-23(22)33-24/h2-3,6,8-10,21,23H,4-5,7,11-20H2,1H3,(H,32,34). The Hall–Kier alpha value is -3.13. The van der Waals surface area contributed by atoms with Crippen molar-refractivity contribution < 1.29 is 9.47 Å². The van der Waals surface area contributed by atoms with Crippen molar-refractivity contribution in [3.8, 4) is 0 Å². The van der Waals surface area contributed by atoms with Crippen LogP contribution in [-0.4, -0.2) is 79.8 Å². The molecule has 1 atom stereocenters. The fourth-order valence-corrected chi connectivity index (χ4v) is 6.58. The second kappa shape index (κ2) is 9.88. The molecule has 2 fully saturated rings. The average Bonchev–Trinajstić information content (AvgIpc) is 3.34. The number of hydrogen-bond donors (Lipinski definition) is 1. The third-order valence-corrected chi connectivity index (χ3v) is 9.03. The van der Waals surface area contributed by atoms with Gasteiger partial charge in [-0.25, -0.2) is 5.01 Å². The molecular formula is C30H38N6O2. The number of aliphatic imine (C=N–C) groups is 3. The summed E-state index contributed by atoms with van der Waals surface area (Å²) in [5.41, 5.74) is 6.79. The average molecular weight is 515 g/mol. The third-order valence-electron chi connectivity index (χ3n) is 9.03. The summed E-state index contributed by atoms with van der Waals surface area (Å²) >= 11 is 0. The molecule has 0 amide bonds. The van der Waals surface area contributed by atoms with Gasteiger partial charge in [-0.05, 0) is 75.9 Å². The quantitative estimate of drug-likeness (QED) is 0.618. The van der Waals surface area contributed by atoms with E-state index in [0.717, 1.165) is 73.5 Å². The van der Waals surface area contributed by atoms with E-state index < -0.39 is 0 Å². The first-order valence-corrected chi connectivity index (χ1v) is 14.4. The van der Waals surface area contributed by atoms with Crippen molar-refractivity contribution in [1.29, 1.82) is 0 Å². The molecule has 200 valence electrons. The molecule has 1 spiro atoms. The second-order valence-corrected chi connectivity index (χ2v) is 11.8. The number of hydrazine groups is 1. The van der Waals surface area contributed by atoms with Crippen LogP contribution in [0.15, 0.2) is 74.2 Å². The van der Waals surface area contributed by atoms with Gasteiger partial charge in [-0.1, -0.05) is 37.1 Å². The predicted octanol–water partition coefficient (Wildman–Crippen LogP) is 3.93. The first kappa shape index (κ1) is 23.9. The molecule has 38 heavy (non-hydrogen) atoms. The molecule has 7 rings (SSSR count). The van der Waals surface area contributed by atoms with E-state index in [9.17, 15) is 0 Å². The Labute approximate surface area is 225 Å². The molecule has 8 nitrogen and oxygen atoms in total. The number of hydrogen-bond acceptors (Lipinski definition) is 7. The van der Waals surface area contributed by atoms with E-state index in [-0.39, 0.29) is 11.5 Å². The summed E-state index contributed by atoms with van der Waals surface area (Å²) in [7, 11) is 2.20. The fraction of sp³-hybridized carbons (Fsp3) is 0.567. The maximum absolute atomic E-state index is 6.66. The highest BCUT2D eigenvalue weighted by atomic mass is 16.5. The highest BCUT2D eigenvalue weighted by molar-refractivity contribution is 6.46. The Kier molecular flexibility index (Phi) is 6.22. The molecule has 5 aliphatic heterocycles. The molecule has 0 aromatic rings. The lowest BCUT2D eigenvalue weighted by molar-refractivity contribution is 0.0613. The smallest absolute Gasteiger partial charge is 0.207 e. The lowest BCUT2D eigenvalue weighted by Gasteiger charge is -2.37. The van der Waals surface area contributed by atoms with Gasteiger partial charge in [-0.3, -0.25) is 20.4 Å². The van der Waals surface area contributed by atoms with Gasteiger partial charge in [-0.2, -0.15) is 0 Å². The van der Waals surface area contributed by atoms with Crippen molar-refractivity contribution in [2.75, 3.05) is 46.4 Å². The number of allylic oxidation sites excluding steroid dienone is 2. The van der Waals surface area contributed by atoms with Gasteiger partial charge in [0.1, 0.15) is 11.4 Å². The second-order valence-electron chi connectivity index (χ2n) is 11.8. The topological polar surface area (TPSA) is 74.0 Å². The zero-order valence-electron chi connectivity index (χ0n) is 22.4. The molecule has 1 N–H and O–H groups in total. The summed E-state index contributed by atoms with van der Waals surface area (Å²) in [5.74, 6) is 3.70. The van der Waals surface area contributed by atoms with Crippen LogP contribution >= 0.6 is 0 Å². The van der Waals surface area contributed by atoms with Gasteiger partial charge in [-0.15, -0.1) is 0 Å². The van der Waals surface area contributed by atoms with Gasteiger partial charge in [0, 0.05) is 12.0 Å². The molecule has 0 aromatic heterocycles. The van der Waals surface area contributed by atoms with Crippen LogP contribution in [0.3, 0.4) is 0 Å². The zero-order chi connectivity index (χ0) is 25.5. The normalized spacial score (nSPS) is 29.8. The Morgan fingerprint density at radius 1 is 1.11 bits per heavy atom. The highest BCUT2D eigenvalue weighted by Gasteiger charge is 2.43. The van der Waals surface area contributed by atoms with Crippen LogP contribution < -0.4 is 5.43 Å². The highest BCUT2D eigenvalue weighted by Crippen LogP contribution is 2.43. The van der Waals surface area contributed by atoms with Gasteiger partial charge in [0.2, 0.25) is 5.76 Å². The third kappa shape index (κ3) is 4.42. The Balaban J connectivity index is 1.20. The molecule has 8 heteroatoms. The van der Waals surface area contributed by atoms with Gasteiger partial charge in [0.15, 0.2) is 17.4 Å². The van der Waals surface area contributed by atoms with E-state index >= 15 is 0 Å². The van der Waals surface area contributed by atoms with E-state index in [1.807, 2.05) is 5.01 Å². The molecule has 0 bridgehead atoms. The number of nitrogens with zero attached hydrogens (tertiary/aromatic N) is 5. The van der Waals surface area contributed by atoms with Crippen molar-refractivity contribution in [1.82, 2.24) is 15.3 Å². The lowest BCUT2D eigenvalue weighted by Crippen LogP contribution is -2.54. The number of piperidine rings is 1. The maximum Gasteiger partial charge on any atom is 0.207 e. The summed E-state index contributed by atoms with van der Waals surface area (Å²) in [6.07, 6.45) is 20.9. The molecule has 5 heterocycles. The lowest BCUT2D eigenvalue weighted by atomic mass is 9.88. The van der Waals surface area contributed by atoms with Crippen molar-refractivity contribution >= 4 is 17.4 Å². The van der Waals surface area contributed by atoms with Crippen molar-refractivity contribution in [2.45, 2.75) is 51.0 Å². The van der Waals surface area contributed by atoms with E-state index in [0.29, 0.717) is 25.7 Å². The van der Waals surface area contributed by atoms with E-state index in [1.165, 1.54) is 31.3 Å². The molecule has 2 aliphatic carbocycles. The van der Waals surface area contributed by atoms with Crippen LogP contribution in [0.25, 0.3) is 0 Å². The molecule has 0 aromatic carbocycles. The zero-order valence-corrected chi connectivity index (χ0v) is 22.4. The number of rotatable bonds is 3. The summed E-state index contributed by atoms with van der Waals surface area (Å²) in [6.45, 7) is 5.01. The SMILES string of the molecule is CN1CCC(CN=C2NN3C(=CCN=C3C3=NC4CC=CC=C4C=C3)C3=C2OCC2(CCCC2)CO3)CC1. The number of likely N-dealkylation sites (tertiary alicyclic amines) is 1. The van der Waals surface area contributed by atoms with Crippen molar-refractivity contribution in [3.05, 3.63) is 59.2 Å². The molecule has 7 aliphatic rings. The number of amidine groups is 2. The Morgan fingerprint density at radius 3 is 2.76 bits per heavy atom. The molecule has 0 radical (unpaired) electrons. The minimum absolute atomic E-state index is 0.0980. The van der Waals surface area contributed by atoms with Crippen LogP contribution in [0.1, 0.15) is 44.9 Å². The monoisotopic (exact) mass is 514 g/mol. The summed E-state index contributed by atoms with van der Waals surface area (Å²) in [5, 5.41) is 2.03. The van der Waals surface area contributed by atoms with Crippen LogP contribution in [0.5, 0.6) is 0 Å². The Morgan fingerprint density at radius 2 is 1.92 bits per heavy atom. The minimum Gasteiger partial charge on any atom is -0.487 e. The maximum atomic E-state index is 6.66. The van der Waals surface area contributed by atoms with Crippen LogP contribution in [0.2, 0.25) is 0 Å². The fourth-order valence-electron chi connectivity index (χ4n) is 6.58. The van der Waals surface area contributed by atoms with Crippen LogP contribution in [-0.2, 0) is 9.47 Å². The van der Waals surface area contributed by atoms with Gasteiger partial charge < -0.3 is 14.4 Å². The summed E-state index contributed by atoms with van der Waals surface area (Å²) in [6, 6.07) is 0.147. The largest absolute Gasteiger partial charge is 0.487 e. The summed E-state index contributed by atoms with van der Waals surface area (Å²) in [4.78, 5) is 17.5. The summed E-state index contributed by atoms with van der Waals surface area (Å²) < 4.78 is 13.3. The van der Waals surface area contributed by atoms with Crippen molar-refractivity contribution in [3.63, 3.8) is 0 Å². The number of fused-ring (bicyclic) bond motifs is 3. The minimum atomic E-state index is 0.0980. The van der Waals surface area contributed by atoms with Crippen LogP contribution in [0, 0.1) is 11.3 Å². The number of ether oxygens (including phenoxy) is 2. The van der Waals surface area contributed by atoms with Crippen LogP contribution in [0.4, 0.5) is 0 Å². The van der Waals surface area contributed by atoms with E-state index in [4.69, 9.17) is 24.5 Å². The number of nitrogens with one attached hydrogen (secondary N) is 1. The van der Waals surface area contributed by atoms with Crippen molar-refractivity contribution in [2.24, 2.45) is 26.3 Å². The van der Waals surface area contributed by atoms with E-state index in [2.05, 4.69) is 53.8 Å². The first-order valence-electron chi connectivity index (χ1n) is 14.4. The molecule has 1 saturated carbocycles. The Bertz CT molecular complexity index is 1220. The first-order chi connectivity index (χ1) is 18.7. The molecule has 1 unspecified atom stereocenters. The number of dihydropyridines is 1. The predicted molar refractivity (Wildman–Crippen MR) is 150 cm³/mol. The molecule has 1 saturated heterocycles. The van der Waals surface area contributed by atoms with Gasteiger partial charge >= 0.3 is 0 Å². The van der Waals surface area contributed by atoms with Gasteiger partial charge in [0.25, 0.3) is 0 Å². The molecular weight excluding hydrogens is 476 g/mol. The van der Waals surface area contributed by atoms with E-state index in [1.54, 1.807) is 0 Å². The van der Waals surface area contributed by atoms with Gasteiger partial charge in [0.05, 0.1) is 25.8 Å².